The molecule has 274 valence electrons. The number of allylic oxidation sites excluding steroid dienone is 3. The Labute approximate surface area is 304 Å². The van der Waals surface area contributed by atoms with Gasteiger partial charge in [-0.25, -0.2) is 0 Å². The van der Waals surface area contributed by atoms with Crippen LogP contribution in [0, 0.1) is 11.3 Å². The van der Waals surface area contributed by atoms with Crippen LogP contribution in [-0.4, -0.2) is 91.0 Å². The van der Waals surface area contributed by atoms with Crippen molar-refractivity contribution in [2.24, 2.45) is 0 Å². The largest absolute Gasteiger partial charge is 0.377 e. The molecule has 1 atom stereocenters. The van der Waals surface area contributed by atoms with E-state index in [1.807, 2.05) is 32.1 Å². The van der Waals surface area contributed by atoms with Gasteiger partial charge in [0, 0.05) is 29.4 Å². The summed E-state index contributed by atoms with van der Waals surface area (Å²) in [5.41, 5.74) is 2.97. The first-order valence-electron chi connectivity index (χ1n) is 16.7. The molecular formula is C37H37N7O9. The number of fused-ring (bicyclic) bond motifs is 2. The maximum absolute atomic E-state index is 13.2. The van der Waals surface area contributed by atoms with Crippen molar-refractivity contribution in [3.05, 3.63) is 83.2 Å². The van der Waals surface area contributed by atoms with E-state index in [2.05, 4.69) is 32.3 Å². The molecule has 4 N–H and O–H groups in total. The summed E-state index contributed by atoms with van der Waals surface area (Å²) in [4.78, 5) is 80.3. The van der Waals surface area contributed by atoms with Crippen molar-refractivity contribution in [2.45, 2.75) is 32.7 Å². The van der Waals surface area contributed by atoms with Gasteiger partial charge in [-0.2, -0.15) is 5.26 Å². The molecule has 2 aromatic carbocycles. The number of carbonyl (C=O) groups is 6. The second-order valence-electron chi connectivity index (χ2n) is 11.7. The van der Waals surface area contributed by atoms with Crippen LogP contribution in [0.1, 0.15) is 53.0 Å². The zero-order chi connectivity index (χ0) is 37.9. The molecule has 0 aliphatic carbocycles. The van der Waals surface area contributed by atoms with Gasteiger partial charge >= 0.3 is 0 Å². The van der Waals surface area contributed by atoms with Gasteiger partial charge in [-0.3, -0.25) is 44.0 Å². The standard InChI is InChI=1S/C37H37N7O9/c1-3-6-23(4-2)41-34-22(18-38)19-39-27-10-9-24(17-26(27)34)40-31(46)20-52-15-13-51-14-16-53-21-32(47)42-28-8-5-7-25-33(28)37(50)44(36(25)49)29-11-12-30(45)43-35(29)48/h3-10,17,19,29H,11-16,20-21H2,1-2H3,(H,39,41)(H,40,46)(H,42,47)(H,43,45,48)/b6-3-,23-4+. The van der Waals surface area contributed by atoms with E-state index in [1.165, 1.54) is 24.4 Å². The fraction of sp³-hybridized carbons (Fsp3) is 0.297. The Bertz CT molecular complexity index is 2050. The van der Waals surface area contributed by atoms with Crippen molar-refractivity contribution in [3.63, 3.8) is 0 Å². The van der Waals surface area contributed by atoms with Crippen molar-refractivity contribution in [1.82, 2.24) is 15.2 Å². The maximum atomic E-state index is 13.2. The molecule has 0 spiro atoms. The molecule has 1 saturated heterocycles. The van der Waals surface area contributed by atoms with Crippen LogP contribution in [0.4, 0.5) is 17.1 Å². The number of nitrogens with zero attached hydrogens (tertiary/aromatic N) is 3. The lowest BCUT2D eigenvalue weighted by Gasteiger charge is -2.27. The lowest BCUT2D eigenvalue weighted by Crippen LogP contribution is -2.54. The van der Waals surface area contributed by atoms with E-state index in [0.29, 0.717) is 27.8 Å². The number of carbonyl (C=O) groups excluding carboxylic acids is 6. The summed E-state index contributed by atoms with van der Waals surface area (Å²) >= 11 is 0. The van der Waals surface area contributed by atoms with Gasteiger partial charge in [0.25, 0.3) is 11.8 Å². The van der Waals surface area contributed by atoms with E-state index >= 15 is 0 Å². The summed E-state index contributed by atoms with van der Waals surface area (Å²) in [6.07, 6.45) is 7.14. The third kappa shape index (κ3) is 9.15. The fourth-order valence-corrected chi connectivity index (χ4v) is 5.69. The summed E-state index contributed by atoms with van der Waals surface area (Å²) in [6, 6.07) is 10.6. The Morgan fingerprint density at radius 1 is 0.962 bits per heavy atom. The van der Waals surface area contributed by atoms with Crippen LogP contribution in [0.15, 0.2) is 66.5 Å². The van der Waals surface area contributed by atoms with E-state index in [9.17, 15) is 34.0 Å². The fourth-order valence-electron chi connectivity index (χ4n) is 5.69. The average molecular weight is 724 g/mol. The van der Waals surface area contributed by atoms with Crippen LogP contribution in [0.5, 0.6) is 0 Å². The Morgan fingerprint density at radius 2 is 1.68 bits per heavy atom. The van der Waals surface area contributed by atoms with E-state index in [4.69, 9.17) is 14.2 Å². The van der Waals surface area contributed by atoms with Crippen LogP contribution in [0.3, 0.4) is 0 Å². The maximum Gasteiger partial charge on any atom is 0.264 e. The highest BCUT2D eigenvalue weighted by atomic mass is 16.5. The monoisotopic (exact) mass is 723 g/mol. The van der Waals surface area contributed by atoms with Crippen molar-refractivity contribution >= 4 is 63.4 Å². The van der Waals surface area contributed by atoms with Crippen molar-refractivity contribution in [1.29, 1.82) is 5.26 Å². The van der Waals surface area contributed by atoms with Crippen LogP contribution in [-0.2, 0) is 33.4 Å². The molecule has 0 bridgehead atoms. The molecule has 6 amide bonds. The van der Waals surface area contributed by atoms with Gasteiger partial charge in [0.15, 0.2) is 0 Å². The number of pyridine rings is 1. The lowest BCUT2D eigenvalue weighted by atomic mass is 10.0. The molecule has 1 unspecified atom stereocenters. The van der Waals surface area contributed by atoms with E-state index in [-0.39, 0.29) is 75.2 Å². The number of ether oxygens (including phenoxy) is 3. The Hall–Kier alpha value is -6.28. The first-order chi connectivity index (χ1) is 25.6. The lowest BCUT2D eigenvalue weighted by molar-refractivity contribution is -0.136. The molecular weight excluding hydrogens is 686 g/mol. The second kappa shape index (κ2) is 17.8. The van der Waals surface area contributed by atoms with Gasteiger partial charge in [0.1, 0.15) is 25.3 Å². The number of benzene rings is 2. The van der Waals surface area contributed by atoms with E-state index < -0.39 is 35.6 Å². The SMILES string of the molecule is C/C=C\C(=C/C)Nc1c(C#N)cnc2ccc(NC(=O)COCCOCCOCC(=O)Nc3cccc4c3C(=O)N(C3CCC(=O)NC3=O)C4=O)cc12. The van der Waals surface area contributed by atoms with E-state index in [1.54, 1.807) is 18.2 Å². The average Bonchev–Trinajstić information content (AvgIpc) is 3.40. The number of piperidine rings is 1. The highest BCUT2D eigenvalue weighted by Gasteiger charge is 2.45. The van der Waals surface area contributed by atoms with Gasteiger partial charge in [-0.1, -0.05) is 18.2 Å². The smallest absolute Gasteiger partial charge is 0.264 e. The number of amides is 6. The van der Waals surface area contributed by atoms with Crippen molar-refractivity contribution < 1.29 is 43.0 Å². The molecule has 5 rings (SSSR count). The number of rotatable bonds is 16. The van der Waals surface area contributed by atoms with Gasteiger partial charge < -0.3 is 30.2 Å². The minimum atomic E-state index is -1.12. The van der Waals surface area contributed by atoms with Crippen molar-refractivity contribution in [2.75, 3.05) is 55.6 Å². The number of hydrogen-bond donors (Lipinski definition) is 4. The van der Waals surface area contributed by atoms with Gasteiger partial charge in [0.2, 0.25) is 23.6 Å². The normalized spacial score (nSPS) is 15.8. The van der Waals surface area contributed by atoms with Crippen LogP contribution >= 0.6 is 0 Å². The van der Waals surface area contributed by atoms with Crippen LogP contribution in [0.2, 0.25) is 0 Å². The summed E-state index contributed by atoms with van der Waals surface area (Å²) in [5.74, 6) is -3.59. The van der Waals surface area contributed by atoms with E-state index in [0.717, 1.165) is 10.6 Å². The molecule has 3 heterocycles. The summed E-state index contributed by atoms with van der Waals surface area (Å²) in [6.45, 7) is 3.64. The zero-order valence-electron chi connectivity index (χ0n) is 29.0. The number of imide groups is 2. The number of hydrogen-bond acceptors (Lipinski definition) is 12. The minimum Gasteiger partial charge on any atom is -0.377 e. The third-order valence-corrected chi connectivity index (χ3v) is 8.15. The predicted octanol–water partition coefficient (Wildman–Crippen LogP) is 3.03. The molecule has 16 nitrogen and oxygen atoms in total. The topological polar surface area (TPSA) is 218 Å². The number of anilines is 3. The second-order valence-corrected chi connectivity index (χ2v) is 11.7. The third-order valence-electron chi connectivity index (χ3n) is 8.15. The van der Waals surface area contributed by atoms with Crippen LogP contribution in [0.25, 0.3) is 10.9 Å². The Balaban J connectivity index is 1.00. The molecule has 1 aromatic heterocycles. The van der Waals surface area contributed by atoms with Gasteiger partial charge in [-0.15, -0.1) is 0 Å². The minimum absolute atomic E-state index is 0.00789. The Morgan fingerprint density at radius 3 is 2.36 bits per heavy atom. The molecule has 3 aromatic rings. The number of aromatic nitrogens is 1. The highest BCUT2D eigenvalue weighted by Crippen LogP contribution is 2.33. The molecule has 0 radical (unpaired) electrons. The molecule has 16 heteroatoms. The zero-order valence-corrected chi connectivity index (χ0v) is 29.0. The quantitative estimate of drug-likeness (QED) is 0.0953. The summed E-state index contributed by atoms with van der Waals surface area (Å²) < 4.78 is 16.2. The predicted molar refractivity (Wildman–Crippen MR) is 191 cm³/mol. The molecule has 1 fully saturated rings. The van der Waals surface area contributed by atoms with Gasteiger partial charge in [-0.05, 0) is 56.7 Å². The first-order valence-corrected chi connectivity index (χ1v) is 16.7. The van der Waals surface area contributed by atoms with Crippen molar-refractivity contribution in [3.8, 4) is 6.07 Å². The van der Waals surface area contributed by atoms with Crippen LogP contribution < -0.4 is 21.3 Å². The Kier molecular flexibility index (Phi) is 12.7. The molecule has 2 aliphatic heterocycles. The highest BCUT2D eigenvalue weighted by molar-refractivity contribution is 6.26. The number of nitrogens with one attached hydrogen (secondary N) is 4. The summed E-state index contributed by atoms with van der Waals surface area (Å²) in [7, 11) is 0. The first kappa shape index (κ1) is 38.0. The molecule has 0 saturated carbocycles. The number of nitriles is 1. The molecule has 2 aliphatic rings. The molecule has 53 heavy (non-hydrogen) atoms. The van der Waals surface area contributed by atoms with Gasteiger partial charge in [0.05, 0.1) is 60.0 Å². The summed E-state index contributed by atoms with van der Waals surface area (Å²) in [5, 5.41) is 21.1.